The van der Waals surface area contributed by atoms with Crippen molar-refractivity contribution < 1.29 is 0 Å². The Kier molecular flexibility index (Phi) is 4.19. The van der Waals surface area contributed by atoms with Gasteiger partial charge in [-0.2, -0.15) is 0 Å². The summed E-state index contributed by atoms with van der Waals surface area (Å²) in [5.74, 6) is 0. The summed E-state index contributed by atoms with van der Waals surface area (Å²) in [6.45, 7) is 0. The van der Waals surface area contributed by atoms with E-state index in [1.807, 2.05) is 0 Å². The molecule has 4 aromatic rings. The Bertz CT molecular complexity index is 1180. The number of hydrogen-bond acceptors (Lipinski definition) is 0. The second-order valence-electron chi connectivity index (χ2n) is 7.66. The van der Waals surface area contributed by atoms with Crippen LogP contribution in [0.15, 0.2) is 97.1 Å². The molecule has 0 nitrogen and oxygen atoms in total. The molecule has 138 valence electrons. The second-order valence-corrected chi connectivity index (χ2v) is 10.8. The van der Waals surface area contributed by atoms with E-state index in [0.29, 0.717) is 0 Å². The van der Waals surface area contributed by atoms with Gasteiger partial charge in [-0.1, -0.05) is 0 Å². The normalized spacial score (nSPS) is 14.3. The van der Waals surface area contributed by atoms with Crippen molar-refractivity contribution in [2.75, 3.05) is 0 Å². The summed E-state index contributed by atoms with van der Waals surface area (Å²) in [5, 5.41) is 0. The van der Waals surface area contributed by atoms with Gasteiger partial charge < -0.3 is 0 Å². The molecule has 0 unspecified atom stereocenters. The monoisotopic (exact) mass is 486 g/mol. The van der Waals surface area contributed by atoms with Gasteiger partial charge in [0.25, 0.3) is 0 Å². The quantitative estimate of drug-likeness (QED) is 0.278. The molecule has 0 amide bonds. The number of hydrogen-bond donors (Lipinski definition) is 0. The number of aryl methyl sites for hydroxylation is 2. The van der Waals surface area contributed by atoms with Gasteiger partial charge in [-0.15, -0.1) is 0 Å². The fourth-order valence-corrected chi connectivity index (χ4v) is 7.82. The maximum absolute atomic E-state index is 2.35. The van der Waals surface area contributed by atoms with E-state index in [0.717, 1.165) is 12.8 Å². The third-order valence-corrected chi connectivity index (χ3v) is 9.31. The van der Waals surface area contributed by atoms with E-state index in [4.69, 9.17) is 0 Å². The Morgan fingerprint density at radius 3 is 1.31 bits per heavy atom. The molecular formula is C28H20Te. The second kappa shape index (κ2) is 7.03. The predicted octanol–water partition coefficient (Wildman–Crippen LogP) is 4.76. The molecule has 0 fully saturated rings. The molecule has 0 saturated carbocycles. The van der Waals surface area contributed by atoms with Crippen molar-refractivity contribution in [3.05, 3.63) is 130 Å². The molecule has 6 rings (SSSR count). The summed E-state index contributed by atoms with van der Waals surface area (Å²) >= 11 is -0.363. The molecule has 0 saturated heterocycles. The molecular weight excluding hydrogens is 464 g/mol. The van der Waals surface area contributed by atoms with E-state index in [9.17, 15) is 0 Å². The van der Waals surface area contributed by atoms with Gasteiger partial charge in [-0.3, -0.25) is 0 Å². The molecule has 0 N–H and O–H groups in total. The van der Waals surface area contributed by atoms with Crippen molar-refractivity contribution in [3.63, 3.8) is 0 Å². The topological polar surface area (TPSA) is 0 Å². The van der Waals surface area contributed by atoms with E-state index >= 15 is 0 Å². The van der Waals surface area contributed by atoms with Crippen molar-refractivity contribution in [3.8, 4) is 0 Å². The molecule has 0 aromatic heterocycles. The first-order valence-electron chi connectivity index (χ1n) is 10.2. The van der Waals surface area contributed by atoms with Crippen LogP contribution in [0.2, 0.25) is 0 Å². The van der Waals surface area contributed by atoms with Crippen LogP contribution in [0.5, 0.6) is 0 Å². The Hall–Kier alpha value is -2.59. The zero-order valence-corrected chi connectivity index (χ0v) is 18.4. The molecule has 29 heavy (non-hydrogen) atoms. The van der Waals surface area contributed by atoms with Crippen molar-refractivity contribution >= 4 is 39.3 Å². The Morgan fingerprint density at radius 2 is 0.793 bits per heavy atom. The van der Waals surface area contributed by atoms with E-state index in [1.54, 1.807) is 7.22 Å². The van der Waals surface area contributed by atoms with Crippen molar-refractivity contribution in [2.24, 2.45) is 0 Å². The number of rotatable bonds is 0. The van der Waals surface area contributed by atoms with E-state index in [2.05, 4.69) is 97.1 Å². The molecule has 1 aliphatic carbocycles. The molecule has 0 bridgehead atoms. The van der Waals surface area contributed by atoms with Crippen LogP contribution in [0, 0.1) is 0 Å². The first-order chi connectivity index (χ1) is 14.4. The molecule has 1 aliphatic heterocycles. The van der Waals surface area contributed by atoms with Gasteiger partial charge in [0.1, 0.15) is 0 Å². The summed E-state index contributed by atoms with van der Waals surface area (Å²) in [7, 11) is 0. The van der Waals surface area contributed by atoms with Crippen molar-refractivity contribution in [1.29, 1.82) is 0 Å². The Morgan fingerprint density at radius 1 is 0.414 bits per heavy atom. The summed E-state index contributed by atoms with van der Waals surface area (Å²) < 4.78 is 3.11. The third-order valence-electron chi connectivity index (χ3n) is 6.02. The zero-order chi connectivity index (χ0) is 19.2. The molecule has 0 spiro atoms. The van der Waals surface area contributed by atoms with Crippen LogP contribution in [0.3, 0.4) is 0 Å². The van der Waals surface area contributed by atoms with Crippen LogP contribution in [0.1, 0.15) is 33.4 Å². The molecule has 1 heterocycles. The van der Waals surface area contributed by atoms with E-state index in [1.165, 1.54) is 44.5 Å². The van der Waals surface area contributed by atoms with Crippen LogP contribution in [-0.2, 0) is 12.8 Å². The minimum atomic E-state index is -0.363. The molecule has 4 aromatic carbocycles. The first-order valence-corrected chi connectivity index (χ1v) is 12.5. The van der Waals surface area contributed by atoms with Gasteiger partial charge in [-0.05, 0) is 0 Å². The number of benzene rings is 4. The Balaban J connectivity index is 1.81. The van der Waals surface area contributed by atoms with Gasteiger partial charge in [0.05, 0.1) is 0 Å². The maximum atomic E-state index is 2.35. The first kappa shape index (κ1) is 17.3. The summed E-state index contributed by atoms with van der Waals surface area (Å²) in [4.78, 5) is 0. The Labute approximate surface area is 182 Å². The average molecular weight is 484 g/mol. The molecule has 1 heteroatoms. The third kappa shape index (κ3) is 2.81. The van der Waals surface area contributed by atoms with Crippen LogP contribution < -0.4 is 7.22 Å². The van der Waals surface area contributed by atoms with E-state index in [-0.39, 0.29) is 20.9 Å². The predicted molar refractivity (Wildman–Crippen MR) is 123 cm³/mol. The molecule has 2 aliphatic rings. The van der Waals surface area contributed by atoms with Gasteiger partial charge in [0.15, 0.2) is 0 Å². The van der Waals surface area contributed by atoms with E-state index < -0.39 is 0 Å². The van der Waals surface area contributed by atoms with Crippen molar-refractivity contribution in [2.45, 2.75) is 12.8 Å². The summed E-state index contributed by atoms with van der Waals surface area (Å²) in [5.41, 5.74) is 11.4. The SMILES string of the molecule is c1ccc2c(c1)CCc1ccccc1C2=C1c2ccccc2[Te]c2ccccc21. The standard InChI is InChI=1S/C28H20Te/c1-3-11-21-19(9-1)17-18-20-10-2-4-12-22(20)27(21)28-23-13-5-7-15-25(23)29-26-16-8-6-14-24(26)28/h1-16H,17-18H2. The fraction of sp³-hybridized carbons (Fsp3) is 0.0714. The van der Waals surface area contributed by atoms with Gasteiger partial charge in [0.2, 0.25) is 0 Å². The van der Waals surface area contributed by atoms with Crippen LogP contribution >= 0.6 is 0 Å². The van der Waals surface area contributed by atoms with Crippen molar-refractivity contribution in [1.82, 2.24) is 0 Å². The van der Waals surface area contributed by atoms with Crippen LogP contribution in [0.25, 0.3) is 11.1 Å². The molecule has 0 radical (unpaired) electrons. The average Bonchev–Trinajstić information content (AvgIpc) is 2.94. The number of fused-ring (bicyclic) bond motifs is 4. The van der Waals surface area contributed by atoms with Crippen LogP contribution in [-0.4, -0.2) is 20.9 Å². The van der Waals surface area contributed by atoms with Gasteiger partial charge in [-0.25, -0.2) is 0 Å². The summed E-state index contributed by atoms with van der Waals surface area (Å²) in [6, 6.07) is 36.3. The summed E-state index contributed by atoms with van der Waals surface area (Å²) in [6.07, 6.45) is 2.20. The zero-order valence-electron chi connectivity index (χ0n) is 16.1. The molecule has 0 atom stereocenters. The minimum absolute atomic E-state index is 0.363. The van der Waals surface area contributed by atoms with Gasteiger partial charge in [0, 0.05) is 0 Å². The van der Waals surface area contributed by atoms with Gasteiger partial charge >= 0.3 is 183 Å². The van der Waals surface area contributed by atoms with Crippen LogP contribution in [0.4, 0.5) is 0 Å². The fourth-order valence-electron chi connectivity index (χ4n) is 4.71.